The minimum absolute atomic E-state index is 0.252. The second-order valence-corrected chi connectivity index (χ2v) is 6.05. The number of hydrogen-bond donors (Lipinski definition) is 0. The van der Waals surface area contributed by atoms with E-state index in [0.717, 1.165) is 38.6 Å². The third-order valence-electron chi connectivity index (χ3n) is 4.59. The molecule has 0 radical (unpaired) electrons. The van der Waals surface area contributed by atoms with Gasteiger partial charge in [-0.05, 0) is 50.2 Å². The summed E-state index contributed by atoms with van der Waals surface area (Å²) in [5.74, 6) is 0.346. The van der Waals surface area contributed by atoms with Crippen molar-refractivity contribution in [3.05, 3.63) is 47.0 Å². The van der Waals surface area contributed by atoms with Crippen molar-refractivity contribution in [2.24, 2.45) is 0 Å². The second kappa shape index (κ2) is 5.82. The van der Waals surface area contributed by atoms with E-state index in [4.69, 9.17) is 0 Å². The monoisotopic (exact) mass is 269 g/mol. The lowest BCUT2D eigenvalue weighted by molar-refractivity contribution is -0.134. The van der Waals surface area contributed by atoms with E-state index in [1.807, 2.05) is 0 Å². The summed E-state index contributed by atoms with van der Waals surface area (Å²) in [6.45, 7) is 3.09. The van der Waals surface area contributed by atoms with Crippen molar-refractivity contribution >= 4 is 5.91 Å². The van der Waals surface area contributed by atoms with Gasteiger partial charge >= 0.3 is 0 Å². The molecule has 0 spiro atoms. The molecule has 1 aromatic carbocycles. The summed E-state index contributed by atoms with van der Waals surface area (Å²) < 4.78 is 0. The molecule has 0 saturated heterocycles. The van der Waals surface area contributed by atoms with Gasteiger partial charge in [-0.2, -0.15) is 0 Å². The average Bonchev–Trinajstić information content (AvgIpc) is 2.46. The van der Waals surface area contributed by atoms with E-state index in [1.165, 1.54) is 16.7 Å². The maximum Gasteiger partial charge on any atom is 0.223 e. The van der Waals surface area contributed by atoms with E-state index in [1.54, 1.807) is 0 Å². The van der Waals surface area contributed by atoms with Gasteiger partial charge in [0.2, 0.25) is 5.91 Å². The number of fused-ring (bicyclic) bond motifs is 3. The van der Waals surface area contributed by atoms with Crippen LogP contribution in [0.25, 0.3) is 0 Å². The molecule has 0 aliphatic carbocycles. The van der Waals surface area contributed by atoms with Crippen LogP contribution in [0.3, 0.4) is 0 Å². The SMILES string of the molecule is C/C1=C\CCCCC(=O)N2CCc3ccccc3[C@H]2C1. The highest BCUT2D eigenvalue weighted by Crippen LogP contribution is 2.35. The first-order valence-electron chi connectivity index (χ1n) is 7.78. The van der Waals surface area contributed by atoms with E-state index >= 15 is 0 Å². The van der Waals surface area contributed by atoms with Crippen molar-refractivity contribution < 1.29 is 4.79 Å². The Labute approximate surface area is 121 Å². The molecule has 2 heterocycles. The zero-order valence-electron chi connectivity index (χ0n) is 12.3. The van der Waals surface area contributed by atoms with Crippen molar-refractivity contribution in [1.82, 2.24) is 4.90 Å². The third kappa shape index (κ3) is 2.65. The number of carbonyl (C=O) groups is 1. The third-order valence-corrected chi connectivity index (χ3v) is 4.59. The minimum atomic E-state index is 0.252. The summed E-state index contributed by atoms with van der Waals surface area (Å²) in [6, 6.07) is 8.89. The lowest BCUT2D eigenvalue weighted by Crippen LogP contribution is -2.40. The van der Waals surface area contributed by atoms with E-state index in [0.29, 0.717) is 12.3 Å². The number of nitrogens with zero attached hydrogens (tertiary/aromatic N) is 1. The highest BCUT2D eigenvalue weighted by molar-refractivity contribution is 5.77. The van der Waals surface area contributed by atoms with Crippen LogP contribution in [-0.4, -0.2) is 17.4 Å². The zero-order valence-corrected chi connectivity index (χ0v) is 12.3. The average molecular weight is 269 g/mol. The van der Waals surface area contributed by atoms with Crippen LogP contribution in [0.2, 0.25) is 0 Å². The molecule has 0 bridgehead atoms. The molecule has 1 aromatic rings. The van der Waals surface area contributed by atoms with E-state index < -0.39 is 0 Å². The van der Waals surface area contributed by atoms with Crippen molar-refractivity contribution in [2.45, 2.75) is 51.5 Å². The van der Waals surface area contributed by atoms with E-state index in [9.17, 15) is 4.79 Å². The van der Waals surface area contributed by atoms with Crippen molar-refractivity contribution in [1.29, 1.82) is 0 Å². The van der Waals surface area contributed by atoms with Gasteiger partial charge in [-0.15, -0.1) is 0 Å². The van der Waals surface area contributed by atoms with Crippen LogP contribution in [0.4, 0.5) is 0 Å². The van der Waals surface area contributed by atoms with Gasteiger partial charge in [-0.1, -0.05) is 35.9 Å². The molecule has 0 aromatic heterocycles. The van der Waals surface area contributed by atoms with Crippen molar-refractivity contribution in [3.8, 4) is 0 Å². The molecule has 2 nitrogen and oxygen atoms in total. The predicted octanol–water partition coefficient (Wildman–Crippen LogP) is 4.02. The van der Waals surface area contributed by atoms with Gasteiger partial charge in [0.05, 0.1) is 6.04 Å². The quantitative estimate of drug-likeness (QED) is 0.651. The first kappa shape index (κ1) is 13.4. The molecule has 0 saturated carbocycles. The van der Waals surface area contributed by atoms with E-state index in [-0.39, 0.29) is 6.04 Å². The van der Waals surface area contributed by atoms with E-state index in [2.05, 4.69) is 42.2 Å². The summed E-state index contributed by atoms with van der Waals surface area (Å²) in [6.07, 6.45) is 8.35. The molecule has 0 unspecified atom stereocenters. The number of benzene rings is 1. The maximum atomic E-state index is 12.5. The Balaban J connectivity index is 1.97. The maximum absolute atomic E-state index is 12.5. The van der Waals surface area contributed by atoms with Crippen LogP contribution in [0.5, 0.6) is 0 Å². The molecular formula is C18H23NO. The van der Waals surface area contributed by atoms with Gasteiger partial charge in [0.25, 0.3) is 0 Å². The number of carbonyl (C=O) groups excluding carboxylic acids is 1. The standard InChI is InChI=1S/C18H23NO/c1-14-7-3-2-4-10-18(20)19-12-11-15-8-5-6-9-16(15)17(19)13-14/h5-9,17H,2-4,10-13H2,1H3/b14-7+/t17-/m1/s1. The summed E-state index contributed by atoms with van der Waals surface area (Å²) in [7, 11) is 0. The Bertz CT molecular complexity index is 532. The number of rotatable bonds is 0. The van der Waals surface area contributed by atoms with Gasteiger partial charge in [0.1, 0.15) is 0 Å². The highest BCUT2D eigenvalue weighted by Gasteiger charge is 2.30. The Kier molecular flexibility index (Phi) is 3.90. The smallest absolute Gasteiger partial charge is 0.223 e. The van der Waals surface area contributed by atoms with Crippen LogP contribution in [-0.2, 0) is 11.2 Å². The topological polar surface area (TPSA) is 20.3 Å². The predicted molar refractivity (Wildman–Crippen MR) is 81.4 cm³/mol. The van der Waals surface area contributed by atoms with Gasteiger partial charge < -0.3 is 4.90 Å². The summed E-state index contributed by atoms with van der Waals surface area (Å²) in [5, 5.41) is 0. The van der Waals surface area contributed by atoms with Crippen LogP contribution in [0.15, 0.2) is 35.9 Å². The first-order chi connectivity index (χ1) is 9.75. The summed E-state index contributed by atoms with van der Waals surface area (Å²) >= 11 is 0. The van der Waals surface area contributed by atoms with Crippen LogP contribution in [0.1, 0.15) is 56.2 Å². The van der Waals surface area contributed by atoms with Crippen molar-refractivity contribution in [2.75, 3.05) is 6.54 Å². The molecule has 3 rings (SSSR count). The fraction of sp³-hybridized carbons (Fsp3) is 0.500. The Morgan fingerprint density at radius 3 is 2.90 bits per heavy atom. The largest absolute Gasteiger partial charge is 0.335 e. The lowest BCUT2D eigenvalue weighted by Gasteiger charge is -2.38. The normalized spacial score (nSPS) is 26.2. The molecule has 2 aliphatic rings. The number of allylic oxidation sites excluding steroid dienone is 1. The number of hydrogen-bond acceptors (Lipinski definition) is 1. The van der Waals surface area contributed by atoms with Gasteiger partial charge in [0.15, 0.2) is 0 Å². The fourth-order valence-electron chi connectivity index (χ4n) is 3.47. The van der Waals surface area contributed by atoms with Crippen molar-refractivity contribution in [3.63, 3.8) is 0 Å². The highest BCUT2D eigenvalue weighted by atomic mass is 16.2. The fourth-order valence-corrected chi connectivity index (χ4v) is 3.47. The zero-order chi connectivity index (χ0) is 13.9. The summed E-state index contributed by atoms with van der Waals surface area (Å²) in [5.41, 5.74) is 4.21. The molecule has 1 amide bonds. The van der Waals surface area contributed by atoms with Gasteiger partial charge in [0, 0.05) is 13.0 Å². The molecule has 2 heteroatoms. The molecule has 106 valence electrons. The number of amides is 1. The summed E-state index contributed by atoms with van der Waals surface area (Å²) in [4.78, 5) is 14.6. The molecule has 0 fully saturated rings. The minimum Gasteiger partial charge on any atom is -0.335 e. The Hall–Kier alpha value is -1.57. The molecule has 20 heavy (non-hydrogen) atoms. The van der Waals surface area contributed by atoms with Gasteiger partial charge in [-0.3, -0.25) is 4.79 Å². The molecule has 2 aliphatic heterocycles. The molecule has 0 N–H and O–H groups in total. The lowest BCUT2D eigenvalue weighted by atomic mass is 9.88. The molecule has 1 atom stereocenters. The Morgan fingerprint density at radius 2 is 2.00 bits per heavy atom. The van der Waals surface area contributed by atoms with Crippen LogP contribution < -0.4 is 0 Å². The Morgan fingerprint density at radius 1 is 1.15 bits per heavy atom. The van der Waals surface area contributed by atoms with Gasteiger partial charge in [-0.25, -0.2) is 0 Å². The first-order valence-corrected chi connectivity index (χ1v) is 7.78. The van der Waals surface area contributed by atoms with Crippen LogP contribution in [0, 0.1) is 0 Å². The van der Waals surface area contributed by atoms with Crippen LogP contribution >= 0.6 is 0 Å². The second-order valence-electron chi connectivity index (χ2n) is 6.05. The molecular weight excluding hydrogens is 246 g/mol.